The molecule has 20 heavy (non-hydrogen) atoms. The number of nitrogens with two attached hydrogens (primary N) is 1. The normalized spacial score (nSPS) is 12.8. The number of hydrogen-bond acceptors (Lipinski definition) is 1. The van der Waals surface area contributed by atoms with Crippen LogP contribution in [0.15, 0.2) is 0 Å². The summed E-state index contributed by atoms with van der Waals surface area (Å²) in [6.45, 7) is 5.57. The van der Waals surface area contributed by atoms with Crippen molar-refractivity contribution in [2.24, 2.45) is 11.7 Å². The van der Waals surface area contributed by atoms with Crippen molar-refractivity contribution in [1.29, 1.82) is 0 Å². The van der Waals surface area contributed by atoms with E-state index in [9.17, 15) is 0 Å². The fourth-order valence-electron chi connectivity index (χ4n) is 2.79. The van der Waals surface area contributed by atoms with Crippen LogP contribution in [-0.2, 0) is 0 Å². The molecule has 0 aliphatic heterocycles. The Morgan fingerprint density at radius 1 is 0.600 bits per heavy atom. The average Bonchev–Trinajstić information content (AvgIpc) is 2.47. The van der Waals surface area contributed by atoms with E-state index in [1.807, 2.05) is 0 Å². The van der Waals surface area contributed by atoms with Gasteiger partial charge in [0.05, 0.1) is 0 Å². The Morgan fingerprint density at radius 3 is 1.30 bits per heavy atom. The summed E-state index contributed by atoms with van der Waals surface area (Å²) in [5, 5.41) is 0. The zero-order chi connectivity index (χ0) is 14.9. The van der Waals surface area contributed by atoms with Gasteiger partial charge in [-0.1, -0.05) is 104 Å². The molecule has 122 valence electrons. The van der Waals surface area contributed by atoms with Gasteiger partial charge in [0, 0.05) is 0 Å². The van der Waals surface area contributed by atoms with Crippen LogP contribution in [0.3, 0.4) is 0 Å². The number of unbranched alkanes of at least 4 members (excludes halogenated alkanes) is 12. The Hall–Kier alpha value is -0.0400. The van der Waals surface area contributed by atoms with Gasteiger partial charge in [0.2, 0.25) is 0 Å². The third-order valence-corrected chi connectivity index (χ3v) is 4.60. The molecule has 0 aromatic rings. The molecule has 0 fully saturated rings. The van der Waals surface area contributed by atoms with Crippen molar-refractivity contribution in [1.82, 2.24) is 0 Å². The highest BCUT2D eigenvalue weighted by Crippen LogP contribution is 2.15. The summed E-state index contributed by atoms with van der Waals surface area (Å²) >= 11 is 0. The first-order valence-corrected chi connectivity index (χ1v) is 9.51. The van der Waals surface area contributed by atoms with Gasteiger partial charge in [-0.05, 0) is 18.9 Å². The van der Waals surface area contributed by atoms with Crippen LogP contribution in [0.4, 0.5) is 0 Å². The highest BCUT2D eigenvalue weighted by molar-refractivity contribution is 4.52. The molecule has 1 nitrogen and oxygen atoms in total. The first-order valence-electron chi connectivity index (χ1n) is 9.51. The molecule has 0 bridgehead atoms. The van der Waals surface area contributed by atoms with Crippen LogP contribution in [0, 0.1) is 5.92 Å². The van der Waals surface area contributed by atoms with Crippen LogP contribution in [-0.4, -0.2) is 6.54 Å². The van der Waals surface area contributed by atoms with Gasteiger partial charge in [0.1, 0.15) is 0 Å². The van der Waals surface area contributed by atoms with Crippen LogP contribution in [0.5, 0.6) is 0 Å². The fraction of sp³-hybridized carbons (Fsp3) is 1.00. The van der Waals surface area contributed by atoms with Crippen LogP contribution in [0.25, 0.3) is 0 Å². The standard InChI is InChI=1S/C19H41N/c1-3-19(2)17-15-13-11-9-7-5-4-6-8-10-12-14-16-18-20/h19H,3-18,20H2,1-2H3. The van der Waals surface area contributed by atoms with Gasteiger partial charge in [-0.15, -0.1) is 0 Å². The Labute approximate surface area is 129 Å². The smallest absolute Gasteiger partial charge is 0.00773 e. The molecule has 0 amide bonds. The Bertz CT molecular complexity index is 167. The third-order valence-electron chi connectivity index (χ3n) is 4.60. The summed E-state index contributed by atoms with van der Waals surface area (Å²) in [6, 6.07) is 0. The van der Waals surface area contributed by atoms with E-state index < -0.39 is 0 Å². The van der Waals surface area contributed by atoms with E-state index in [2.05, 4.69) is 13.8 Å². The second-order valence-electron chi connectivity index (χ2n) is 6.69. The van der Waals surface area contributed by atoms with Crippen LogP contribution in [0.2, 0.25) is 0 Å². The first kappa shape index (κ1) is 20.0. The summed E-state index contributed by atoms with van der Waals surface area (Å²) in [4.78, 5) is 0. The van der Waals surface area contributed by atoms with E-state index in [0.29, 0.717) is 0 Å². The lowest BCUT2D eigenvalue weighted by molar-refractivity contribution is 0.468. The molecule has 1 atom stereocenters. The molecule has 0 aliphatic carbocycles. The monoisotopic (exact) mass is 283 g/mol. The van der Waals surface area contributed by atoms with Gasteiger partial charge in [-0.25, -0.2) is 0 Å². The lowest BCUT2D eigenvalue weighted by Gasteiger charge is -2.07. The van der Waals surface area contributed by atoms with Gasteiger partial charge >= 0.3 is 0 Å². The van der Waals surface area contributed by atoms with Crippen molar-refractivity contribution in [2.75, 3.05) is 6.54 Å². The highest BCUT2D eigenvalue weighted by Gasteiger charge is 1.98. The summed E-state index contributed by atoms with van der Waals surface area (Å²) in [5.74, 6) is 0.944. The molecule has 0 spiro atoms. The molecule has 0 aliphatic rings. The topological polar surface area (TPSA) is 26.0 Å². The predicted molar refractivity (Wildman–Crippen MR) is 93.1 cm³/mol. The van der Waals surface area contributed by atoms with E-state index in [-0.39, 0.29) is 0 Å². The van der Waals surface area contributed by atoms with E-state index >= 15 is 0 Å². The van der Waals surface area contributed by atoms with Crippen molar-refractivity contribution >= 4 is 0 Å². The van der Waals surface area contributed by atoms with Gasteiger partial charge in [0.15, 0.2) is 0 Å². The molecule has 0 rings (SSSR count). The maximum atomic E-state index is 5.49. The van der Waals surface area contributed by atoms with E-state index in [4.69, 9.17) is 5.73 Å². The zero-order valence-corrected chi connectivity index (χ0v) is 14.5. The molecule has 0 radical (unpaired) electrons. The highest BCUT2D eigenvalue weighted by atomic mass is 14.5. The minimum absolute atomic E-state index is 0.872. The molecule has 0 heterocycles. The predicted octanol–water partition coefficient (Wildman–Crippen LogP) is 6.45. The van der Waals surface area contributed by atoms with Crippen LogP contribution in [0.1, 0.15) is 110 Å². The van der Waals surface area contributed by atoms with Crippen molar-refractivity contribution in [3.63, 3.8) is 0 Å². The molecule has 1 unspecified atom stereocenters. The maximum Gasteiger partial charge on any atom is -0.00773 e. The Morgan fingerprint density at radius 2 is 0.950 bits per heavy atom. The van der Waals surface area contributed by atoms with Crippen LogP contribution >= 0.6 is 0 Å². The second kappa shape index (κ2) is 17.0. The average molecular weight is 284 g/mol. The lowest BCUT2D eigenvalue weighted by atomic mass is 9.99. The Balaban J connectivity index is 2.96. The van der Waals surface area contributed by atoms with E-state index in [1.54, 1.807) is 0 Å². The van der Waals surface area contributed by atoms with Crippen molar-refractivity contribution in [2.45, 2.75) is 110 Å². The van der Waals surface area contributed by atoms with Crippen molar-refractivity contribution < 1.29 is 0 Å². The minimum atomic E-state index is 0.872. The van der Waals surface area contributed by atoms with Gasteiger partial charge in [-0.3, -0.25) is 0 Å². The summed E-state index contributed by atoms with van der Waals surface area (Å²) in [6.07, 6.45) is 21.3. The van der Waals surface area contributed by atoms with Gasteiger partial charge in [0.25, 0.3) is 0 Å². The minimum Gasteiger partial charge on any atom is -0.330 e. The first-order chi connectivity index (χ1) is 9.81. The molecule has 0 saturated heterocycles. The molecule has 0 aromatic heterocycles. The van der Waals surface area contributed by atoms with E-state index in [0.717, 1.165) is 12.5 Å². The van der Waals surface area contributed by atoms with Crippen molar-refractivity contribution in [3.05, 3.63) is 0 Å². The van der Waals surface area contributed by atoms with Crippen molar-refractivity contribution in [3.8, 4) is 0 Å². The fourth-order valence-corrected chi connectivity index (χ4v) is 2.79. The summed E-state index contributed by atoms with van der Waals surface area (Å²) in [7, 11) is 0. The summed E-state index contributed by atoms with van der Waals surface area (Å²) in [5.41, 5.74) is 5.49. The lowest BCUT2D eigenvalue weighted by Crippen LogP contribution is -1.97. The molecular formula is C19H41N. The summed E-state index contributed by atoms with van der Waals surface area (Å²) < 4.78 is 0. The Kier molecular flexibility index (Phi) is 17.0. The van der Waals surface area contributed by atoms with Gasteiger partial charge in [-0.2, -0.15) is 0 Å². The maximum absolute atomic E-state index is 5.49. The third kappa shape index (κ3) is 16.0. The molecule has 1 heteroatoms. The van der Waals surface area contributed by atoms with Crippen LogP contribution < -0.4 is 5.73 Å². The largest absolute Gasteiger partial charge is 0.330 e. The second-order valence-corrected chi connectivity index (χ2v) is 6.69. The molecule has 2 N–H and O–H groups in total. The molecule has 0 aromatic carbocycles. The number of rotatable bonds is 16. The molecular weight excluding hydrogens is 242 g/mol. The molecule has 0 saturated carbocycles. The zero-order valence-electron chi connectivity index (χ0n) is 14.5. The SMILES string of the molecule is CCC(C)CCCCCCCCCCCCCCCN. The van der Waals surface area contributed by atoms with Gasteiger partial charge < -0.3 is 5.73 Å². The van der Waals surface area contributed by atoms with E-state index in [1.165, 1.54) is 96.3 Å². The number of hydrogen-bond donors (Lipinski definition) is 1. The quantitative estimate of drug-likeness (QED) is 0.323.